The molecule has 0 aromatic heterocycles. The van der Waals surface area contributed by atoms with Gasteiger partial charge in [0.05, 0.1) is 18.1 Å². The van der Waals surface area contributed by atoms with Crippen LogP contribution in [0.15, 0.2) is 36.4 Å². The number of hydrogen-bond acceptors (Lipinski definition) is 3. The number of halogens is 1. The molecule has 2 rings (SSSR count). The van der Waals surface area contributed by atoms with Crippen molar-refractivity contribution in [1.82, 2.24) is 0 Å². The Bertz CT molecular complexity index is 739. The molecular weight excluding hydrogens is 416 g/mol. The quantitative estimate of drug-likeness (QED) is 0.362. The molecule has 0 spiro atoms. The maximum absolute atomic E-state index is 11.1. The smallest absolute Gasteiger partial charge is 0.306 e. The summed E-state index contributed by atoms with van der Waals surface area (Å²) in [6, 6.07) is 7.86. The fraction of sp³-hybridized carbons (Fsp3) is 0.625. The monoisotopic (exact) mass is 452 g/mol. The summed E-state index contributed by atoms with van der Waals surface area (Å²) in [4.78, 5) is 11.1. The van der Waals surface area contributed by atoms with Crippen molar-refractivity contribution in [2.75, 3.05) is 0 Å². The van der Waals surface area contributed by atoms with E-state index in [4.69, 9.17) is 21.1 Å². The summed E-state index contributed by atoms with van der Waals surface area (Å²) in [5.41, 5.74) is 0.0594. The lowest BCUT2D eigenvalue weighted by Gasteiger charge is -2.39. The molecule has 30 heavy (non-hydrogen) atoms. The van der Waals surface area contributed by atoms with Crippen LogP contribution in [-0.2, 0) is 15.6 Å². The van der Waals surface area contributed by atoms with Crippen molar-refractivity contribution in [3.63, 3.8) is 0 Å². The molecule has 1 aliphatic rings. The van der Waals surface area contributed by atoms with Crippen molar-refractivity contribution in [2.45, 2.75) is 89.1 Å². The van der Waals surface area contributed by atoms with Gasteiger partial charge in [0.15, 0.2) is 8.32 Å². The van der Waals surface area contributed by atoms with Crippen molar-refractivity contribution in [1.29, 1.82) is 0 Å². The second-order valence-corrected chi connectivity index (χ2v) is 15.5. The molecule has 0 heterocycles. The van der Waals surface area contributed by atoms with E-state index in [2.05, 4.69) is 46.0 Å². The second kappa shape index (κ2) is 9.99. The van der Waals surface area contributed by atoms with Crippen LogP contribution in [-0.4, -0.2) is 36.2 Å². The van der Waals surface area contributed by atoms with Gasteiger partial charge in [-0.15, -0.1) is 0 Å². The van der Waals surface area contributed by atoms with Gasteiger partial charge in [-0.3, -0.25) is 4.79 Å². The summed E-state index contributed by atoms with van der Waals surface area (Å²) in [6.45, 7) is 11.2. The lowest BCUT2D eigenvalue weighted by molar-refractivity contribution is -0.144. The largest absolute Gasteiger partial charge is 0.481 e. The Morgan fingerprint density at radius 2 is 1.97 bits per heavy atom. The fourth-order valence-corrected chi connectivity index (χ4v) is 5.23. The molecule has 2 N–H and O–H groups in total. The van der Waals surface area contributed by atoms with Crippen LogP contribution in [0.3, 0.4) is 0 Å². The Labute approximate surface area is 187 Å². The van der Waals surface area contributed by atoms with Gasteiger partial charge in [-0.2, -0.15) is 0 Å². The molecule has 0 amide bonds. The Balaban J connectivity index is 2.16. The Hall–Kier alpha value is -1.14. The van der Waals surface area contributed by atoms with Crippen molar-refractivity contribution < 1.29 is 19.4 Å². The van der Waals surface area contributed by atoms with E-state index in [1.165, 1.54) is 5.56 Å². The van der Waals surface area contributed by atoms with Crippen LogP contribution in [0.1, 0.15) is 58.4 Å². The van der Waals surface area contributed by atoms with E-state index in [1.54, 1.807) is 0 Å². The van der Waals surface area contributed by atoms with E-state index in [9.17, 15) is 9.90 Å². The number of benzene rings is 1. The molecule has 1 saturated carbocycles. The highest BCUT2D eigenvalue weighted by molar-refractivity contribution is 6.74. The average molecular weight is 453 g/mol. The topological polar surface area (TPSA) is 66.8 Å². The zero-order chi connectivity index (χ0) is 22.6. The van der Waals surface area contributed by atoms with E-state index in [-0.39, 0.29) is 23.5 Å². The first-order chi connectivity index (χ1) is 13.8. The first-order valence-corrected chi connectivity index (χ1v) is 14.1. The average Bonchev–Trinajstić information content (AvgIpc) is 2.59. The zero-order valence-corrected chi connectivity index (χ0v) is 20.7. The van der Waals surface area contributed by atoms with Crippen LogP contribution < -0.4 is 0 Å². The fourth-order valence-electron chi connectivity index (χ4n) is 3.83. The maximum Gasteiger partial charge on any atom is 0.306 e. The molecule has 1 fully saturated rings. The third-order valence-corrected chi connectivity index (χ3v) is 11.3. The number of hydrogen-bond donors (Lipinski definition) is 2. The van der Waals surface area contributed by atoms with E-state index < -0.39 is 19.9 Å². The summed E-state index contributed by atoms with van der Waals surface area (Å²) >= 11 is 6.04. The van der Waals surface area contributed by atoms with Crippen LogP contribution in [0.5, 0.6) is 0 Å². The summed E-state index contributed by atoms with van der Waals surface area (Å²) in [5.74, 6) is -0.775. The molecule has 6 heteroatoms. The van der Waals surface area contributed by atoms with Gasteiger partial charge in [0.25, 0.3) is 0 Å². The van der Waals surface area contributed by atoms with Crippen molar-refractivity contribution >= 4 is 25.9 Å². The molecule has 0 aliphatic heterocycles. The Morgan fingerprint density at radius 1 is 1.33 bits per heavy atom. The van der Waals surface area contributed by atoms with E-state index in [0.717, 1.165) is 24.3 Å². The molecule has 3 unspecified atom stereocenters. The first kappa shape index (κ1) is 25.1. The lowest BCUT2D eigenvalue weighted by atomic mass is 9.76. The second-order valence-electron chi connectivity index (χ2n) is 10.3. The van der Waals surface area contributed by atoms with Gasteiger partial charge in [-0.25, -0.2) is 0 Å². The third-order valence-electron chi connectivity index (χ3n) is 6.54. The van der Waals surface area contributed by atoms with Gasteiger partial charge in [0, 0.05) is 11.4 Å². The van der Waals surface area contributed by atoms with Gasteiger partial charge in [-0.1, -0.05) is 56.7 Å². The SMILES string of the molecule is CC(C)(C)[Si](C)(C)OC(C=CC1CCCC(O)(CC(=O)O)C1)Cc1ccc(Cl)cc1. The zero-order valence-electron chi connectivity index (χ0n) is 19.0. The molecule has 4 nitrogen and oxygen atoms in total. The number of aliphatic hydroxyl groups is 1. The maximum atomic E-state index is 11.1. The van der Waals surface area contributed by atoms with Crippen LogP contribution in [0.25, 0.3) is 0 Å². The highest BCUT2D eigenvalue weighted by atomic mass is 35.5. The molecule has 0 bridgehead atoms. The summed E-state index contributed by atoms with van der Waals surface area (Å²) in [6.07, 6.45) is 7.61. The summed E-state index contributed by atoms with van der Waals surface area (Å²) in [7, 11) is -1.97. The van der Waals surface area contributed by atoms with Crippen molar-refractivity contribution in [3.05, 3.63) is 47.0 Å². The van der Waals surface area contributed by atoms with Gasteiger partial charge < -0.3 is 14.6 Å². The molecular formula is C24H37ClO4Si. The van der Waals surface area contributed by atoms with Crippen LogP contribution in [0.2, 0.25) is 23.2 Å². The van der Waals surface area contributed by atoms with Gasteiger partial charge in [0.2, 0.25) is 0 Å². The normalized spacial score (nSPS) is 24.2. The lowest BCUT2D eigenvalue weighted by Crippen LogP contribution is -2.44. The molecule has 0 saturated heterocycles. The highest BCUT2D eigenvalue weighted by Crippen LogP contribution is 2.39. The molecule has 1 aliphatic carbocycles. The van der Waals surface area contributed by atoms with E-state index in [0.29, 0.717) is 12.8 Å². The molecule has 168 valence electrons. The molecule has 1 aromatic rings. The summed E-state index contributed by atoms with van der Waals surface area (Å²) in [5, 5.41) is 20.6. The number of rotatable bonds is 8. The number of carboxylic acid groups (broad SMARTS) is 1. The molecule has 3 atom stereocenters. The third kappa shape index (κ3) is 7.52. The standard InChI is InChI=1S/C24H37ClO4Si/c1-23(2,3)30(4,5)29-21(15-18-8-11-20(25)12-9-18)13-10-19-7-6-14-24(28,16-19)17-22(26)27/h8-13,19,21,28H,6-7,14-17H2,1-5H3,(H,26,27). The predicted molar refractivity (Wildman–Crippen MR) is 126 cm³/mol. The first-order valence-electron chi connectivity index (χ1n) is 10.8. The van der Waals surface area contributed by atoms with E-state index >= 15 is 0 Å². The van der Waals surface area contributed by atoms with Crippen molar-refractivity contribution in [3.8, 4) is 0 Å². The predicted octanol–water partition coefficient (Wildman–Crippen LogP) is 6.23. The molecule has 1 aromatic carbocycles. The van der Waals surface area contributed by atoms with Crippen LogP contribution in [0, 0.1) is 5.92 Å². The van der Waals surface area contributed by atoms with Crippen LogP contribution >= 0.6 is 11.6 Å². The minimum Gasteiger partial charge on any atom is -0.481 e. The number of carboxylic acids is 1. The van der Waals surface area contributed by atoms with Gasteiger partial charge in [-0.05, 0) is 67.4 Å². The minimum absolute atomic E-state index is 0.0680. The van der Waals surface area contributed by atoms with Gasteiger partial charge in [0.1, 0.15) is 0 Å². The van der Waals surface area contributed by atoms with Gasteiger partial charge >= 0.3 is 5.97 Å². The number of allylic oxidation sites excluding steroid dienone is 1. The minimum atomic E-state index is -1.97. The number of aliphatic carboxylic acids is 1. The Kier molecular flexibility index (Phi) is 8.36. The van der Waals surface area contributed by atoms with E-state index in [1.807, 2.05) is 24.3 Å². The summed E-state index contributed by atoms with van der Waals surface area (Å²) < 4.78 is 6.71. The Morgan fingerprint density at radius 3 is 2.53 bits per heavy atom. The highest BCUT2D eigenvalue weighted by Gasteiger charge is 2.39. The number of carbonyl (C=O) groups is 1. The van der Waals surface area contributed by atoms with Crippen LogP contribution in [0.4, 0.5) is 0 Å². The van der Waals surface area contributed by atoms with Crippen molar-refractivity contribution in [2.24, 2.45) is 5.92 Å². The molecule has 0 radical (unpaired) electrons.